The Morgan fingerprint density at radius 2 is 1.88 bits per heavy atom. The van der Waals surface area contributed by atoms with Crippen molar-refractivity contribution in [1.82, 2.24) is 0 Å². The van der Waals surface area contributed by atoms with Gasteiger partial charge in [0.25, 0.3) is 0 Å². The summed E-state index contributed by atoms with van der Waals surface area (Å²) in [5.41, 5.74) is 0.387. The summed E-state index contributed by atoms with van der Waals surface area (Å²) >= 11 is 0. The summed E-state index contributed by atoms with van der Waals surface area (Å²) < 4.78 is 11.8. The molecule has 0 N–H and O–H groups in total. The Balaban J connectivity index is 2.47. The fourth-order valence-corrected chi connectivity index (χ4v) is 2.25. The molecule has 0 spiro atoms. The van der Waals surface area contributed by atoms with Crippen LogP contribution in [0.5, 0.6) is 0 Å². The average Bonchev–Trinajstić information content (AvgIpc) is 2.16. The van der Waals surface area contributed by atoms with Crippen LogP contribution in [0.25, 0.3) is 0 Å². The second-order valence-corrected chi connectivity index (χ2v) is 5.88. The quantitative estimate of drug-likeness (QED) is 0.704. The Kier molecular flexibility index (Phi) is 5.26. The van der Waals surface area contributed by atoms with Gasteiger partial charge in [-0.25, -0.2) is 0 Å². The fourth-order valence-electron chi connectivity index (χ4n) is 2.25. The predicted octanol–water partition coefficient (Wildman–Crippen LogP) is 4.13. The van der Waals surface area contributed by atoms with Crippen LogP contribution in [0.4, 0.5) is 0 Å². The molecule has 96 valence electrons. The largest absolute Gasteiger partial charge is 0.350 e. The van der Waals surface area contributed by atoms with Crippen molar-refractivity contribution in [3.63, 3.8) is 0 Å². The summed E-state index contributed by atoms with van der Waals surface area (Å²) in [5, 5.41) is 0. The van der Waals surface area contributed by atoms with Crippen LogP contribution in [0.3, 0.4) is 0 Å². The zero-order valence-electron chi connectivity index (χ0n) is 11.6. The van der Waals surface area contributed by atoms with Crippen molar-refractivity contribution in [2.24, 2.45) is 5.41 Å². The SMILES string of the molecule is CCCC1OC(C)CC(CC(C)(C)CC)O1. The van der Waals surface area contributed by atoms with E-state index in [1.807, 2.05) is 0 Å². The molecule has 1 aliphatic rings. The second-order valence-electron chi connectivity index (χ2n) is 5.88. The van der Waals surface area contributed by atoms with Crippen molar-refractivity contribution in [2.75, 3.05) is 0 Å². The third-order valence-electron chi connectivity index (χ3n) is 3.58. The van der Waals surface area contributed by atoms with E-state index < -0.39 is 0 Å². The maximum atomic E-state index is 6.01. The molecule has 3 unspecified atom stereocenters. The van der Waals surface area contributed by atoms with Crippen molar-refractivity contribution in [2.45, 2.75) is 85.2 Å². The summed E-state index contributed by atoms with van der Waals surface area (Å²) in [6.45, 7) is 11.2. The molecule has 2 nitrogen and oxygen atoms in total. The lowest BCUT2D eigenvalue weighted by atomic mass is 9.83. The maximum absolute atomic E-state index is 6.01. The lowest BCUT2D eigenvalue weighted by Gasteiger charge is -2.37. The molecule has 1 saturated heterocycles. The monoisotopic (exact) mass is 228 g/mol. The lowest BCUT2D eigenvalue weighted by molar-refractivity contribution is -0.245. The van der Waals surface area contributed by atoms with Gasteiger partial charge in [0.15, 0.2) is 6.29 Å². The van der Waals surface area contributed by atoms with E-state index in [0.29, 0.717) is 17.6 Å². The van der Waals surface area contributed by atoms with Crippen LogP contribution in [0.1, 0.15) is 66.7 Å². The maximum Gasteiger partial charge on any atom is 0.158 e. The second kappa shape index (κ2) is 6.02. The van der Waals surface area contributed by atoms with Gasteiger partial charge in [-0.1, -0.05) is 40.5 Å². The van der Waals surface area contributed by atoms with E-state index in [9.17, 15) is 0 Å². The molecule has 0 radical (unpaired) electrons. The summed E-state index contributed by atoms with van der Waals surface area (Å²) in [7, 11) is 0. The molecule has 0 aromatic heterocycles. The fraction of sp³-hybridized carbons (Fsp3) is 1.00. The number of hydrogen-bond acceptors (Lipinski definition) is 2. The molecule has 1 heterocycles. The van der Waals surface area contributed by atoms with Crippen molar-refractivity contribution < 1.29 is 9.47 Å². The van der Waals surface area contributed by atoms with E-state index in [1.54, 1.807) is 0 Å². The Morgan fingerprint density at radius 1 is 1.19 bits per heavy atom. The molecule has 1 aliphatic heterocycles. The zero-order chi connectivity index (χ0) is 12.2. The first-order valence-corrected chi connectivity index (χ1v) is 6.77. The highest BCUT2D eigenvalue weighted by atomic mass is 16.7. The summed E-state index contributed by atoms with van der Waals surface area (Å²) in [6, 6.07) is 0. The normalized spacial score (nSPS) is 31.7. The van der Waals surface area contributed by atoms with Gasteiger partial charge in [-0.3, -0.25) is 0 Å². The molecule has 0 amide bonds. The van der Waals surface area contributed by atoms with Crippen molar-refractivity contribution >= 4 is 0 Å². The van der Waals surface area contributed by atoms with Gasteiger partial charge in [-0.2, -0.15) is 0 Å². The van der Waals surface area contributed by atoms with Crippen LogP contribution in [-0.2, 0) is 9.47 Å². The minimum absolute atomic E-state index is 0.0337. The molecule has 1 rings (SSSR count). The van der Waals surface area contributed by atoms with Gasteiger partial charge in [0, 0.05) is 0 Å². The smallest absolute Gasteiger partial charge is 0.158 e. The standard InChI is InChI=1S/C14H28O2/c1-6-8-13-15-11(3)9-12(16-13)10-14(4,5)7-2/h11-13H,6-10H2,1-5H3. The minimum Gasteiger partial charge on any atom is -0.350 e. The molecule has 2 heteroatoms. The van der Waals surface area contributed by atoms with Crippen LogP contribution >= 0.6 is 0 Å². The molecule has 1 fully saturated rings. The Hall–Kier alpha value is -0.0800. The zero-order valence-corrected chi connectivity index (χ0v) is 11.6. The summed E-state index contributed by atoms with van der Waals surface area (Å²) in [4.78, 5) is 0. The Bertz CT molecular complexity index is 201. The van der Waals surface area contributed by atoms with Gasteiger partial charge < -0.3 is 9.47 Å². The van der Waals surface area contributed by atoms with Gasteiger partial charge in [-0.05, 0) is 31.6 Å². The van der Waals surface area contributed by atoms with Gasteiger partial charge >= 0.3 is 0 Å². The number of ether oxygens (including phenoxy) is 2. The van der Waals surface area contributed by atoms with Crippen LogP contribution < -0.4 is 0 Å². The van der Waals surface area contributed by atoms with E-state index in [1.165, 1.54) is 6.42 Å². The van der Waals surface area contributed by atoms with Crippen LogP contribution in [0, 0.1) is 5.41 Å². The Labute approximate surface area is 101 Å². The molecule has 3 atom stereocenters. The summed E-state index contributed by atoms with van der Waals surface area (Å²) in [5.74, 6) is 0. The number of rotatable bonds is 5. The first-order chi connectivity index (χ1) is 7.46. The van der Waals surface area contributed by atoms with E-state index >= 15 is 0 Å². The minimum atomic E-state index is 0.0337. The lowest BCUT2D eigenvalue weighted by Crippen LogP contribution is -2.38. The molecular weight excluding hydrogens is 200 g/mol. The topological polar surface area (TPSA) is 18.5 Å². The van der Waals surface area contributed by atoms with Crippen LogP contribution in [0.2, 0.25) is 0 Å². The van der Waals surface area contributed by atoms with Crippen LogP contribution in [-0.4, -0.2) is 18.5 Å². The van der Waals surface area contributed by atoms with Crippen molar-refractivity contribution in [1.29, 1.82) is 0 Å². The molecule has 0 aromatic rings. The third kappa shape index (κ3) is 4.42. The van der Waals surface area contributed by atoms with Gasteiger partial charge in [0.05, 0.1) is 12.2 Å². The van der Waals surface area contributed by atoms with E-state index in [4.69, 9.17) is 9.47 Å². The molecule has 0 bridgehead atoms. The van der Waals surface area contributed by atoms with Crippen molar-refractivity contribution in [3.05, 3.63) is 0 Å². The third-order valence-corrected chi connectivity index (χ3v) is 3.58. The van der Waals surface area contributed by atoms with E-state index in [-0.39, 0.29) is 6.29 Å². The highest BCUT2D eigenvalue weighted by molar-refractivity contribution is 4.77. The van der Waals surface area contributed by atoms with Gasteiger partial charge in [-0.15, -0.1) is 0 Å². The average molecular weight is 228 g/mol. The van der Waals surface area contributed by atoms with E-state index in [0.717, 1.165) is 25.7 Å². The van der Waals surface area contributed by atoms with Crippen LogP contribution in [0.15, 0.2) is 0 Å². The molecule has 0 aliphatic carbocycles. The first-order valence-electron chi connectivity index (χ1n) is 6.77. The van der Waals surface area contributed by atoms with Crippen molar-refractivity contribution in [3.8, 4) is 0 Å². The molecule has 0 aromatic carbocycles. The number of hydrogen-bond donors (Lipinski definition) is 0. The first kappa shape index (κ1) is 14.0. The Morgan fingerprint density at radius 3 is 2.44 bits per heavy atom. The highest BCUT2D eigenvalue weighted by Crippen LogP contribution is 2.32. The summed E-state index contributed by atoms with van der Waals surface area (Å²) in [6.07, 6.45) is 6.32. The van der Waals surface area contributed by atoms with Gasteiger partial charge in [0.1, 0.15) is 0 Å². The molecule has 0 saturated carbocycles. The highest BCUT2D eigenvalue weighted by Gasteiger charge is 2.30. The van der Waals surface area contributed by atoms with Gasteiger partial charge in [0.2, 0.25) is 0 Å². The predicted molar refractivity (Wildman–Crippen MR) is 67.4 cm³/mol. The van der Waals surface area contributed by atoms with E-state index in [2.05, 4.69) is 34.6 Å². The molecule has 16 heavy (non-hydrogen) atoms. The molecular formula is C14H28O2.